The molecule has 0 aliphatic rings. The van der Waals surface area contributed by atoms with E-state index in [0.29, 0.717) is 0 Å². The second-order valence-corrected chi connectivity index (χ2v) is 5.69. The number of benzene rings is 3. The highest BCUT2D eigenvalue weighted by molar-refractivity contribution is 6.13. The number of carboxylic acid groups (broad SMARTS) is 1. The topological polar surface area (TPSA) is 61.7 Å². The summed E-state index contributed by atoms with van der Waals surface area (Å²) in [5.74, 6) is -0.945. The summed E-state index contributed by atoms with van der Waals surface area (Å²) in [6.07, 6.45) is 0. The van der Waals surface area contributed by atoms with Crippen molar-refractivity contribution >= 4 is 17.4 Å². The maximum Gasteiger partial charge on any atom is 0.335 e. The lowest BCUT2D eigenvalue weighted by atomic mass is 10.0. The van der Waals surface area contributed by atoms with Crippen LogP contribution in [0.25, 0.3) is 0 Å². The van der Waals surface area contributed by atoms with E-state index in [1.54, 1.807) is 24.3 Å². The maximum absolute atomic E-state index is 10.9. The van der Waals surface area contributed by atoms with Gasteiger partial charge in [-0.3, -0.25) is 5.43 Å². The number of hydrazone groups is 1. The summed E-state index contributed by atoms with van der Waals surface area (Å²) in [5, 5.41) is 13.5. The number of nitrogens with one attached hydrogen (secondary N) is 1. The summed E-state index contributed by atoms with van der Waals surface area (Å²) in [6, 6.07) is 24.6. The molecule has 0 aliphatic carbocycles. The van der Waals surface area contributed by atoms with Gasteiger partial charge in [0.25, 0.3) is 0 Å². The number of rotatable bonds is 5. The van der Waals surface area contributed by atoms with Crippen LogP contribution in [0.2, 0.25) is 0 Å². The zero-order valence-corrected chi connectivity index (χ0v) is 13.8. The molecule has 0 unspecified atom stereocenters. The Morgan fingerprint density at radius 3 is 1.96 bits per heavy atom. The van der Waals surface area contributed by atoms with Gasteiger partial charge in [-0.25, -0.2) is 4.79 Å². The van der Waals surface area contributed by atoms with Gasteiger partial charge in [-0.15, -0.1) is 0 Å². The number of nitrogens with zero attached hydrogens (tertiary/aromatic N) is 1. The highest BCUT2D eigenvalue weighted by atomic mass is 16.4. The quantitative estimate of drug-likeness (QED) is 0.532. The first-order chi connectivity index (χ1) is 12.1. The number of carboxylic acids is 1. The molecular formula is C21H18N2O2. The SMILES string of the molecule is Cc1ccc(C(=NNc2ccc(C(=O)O)cc2)c2ccccc2)cc1. The predicted octanol–water partition coefficient (Wildman–Crippen LogP) is 4.56. The molecule has 0 saturated heterocycles. The molecule has 0 aliphatic heterocycles. The van der Waals surface area contributed by atoms with E-state index >= 15 is 0 Å². The Labute approximate surface area is 146 Å². The minimum absolute atomic E-state index is 0.247. The fourth-order valence-electron chi connectivity index (χ4n) is 2.41. The van der Waals surface area contributed by atoms with Crippen LogP contribution >= 0.6 is 0 Å². The van der Waals surface area contributed by atoms with Crippen molar-refractivity contribution in [2.45, 2.75) is 6.92 Å². The second-order valence-electron chi connectivity index (χ2n) is 5.69. The van der Waals surface area contributed by atoms with Crippen LogP contribution in [0, 0.1) is 6.92 Å². The molecule has 0 radical (unpaired) electrons. The second kappa shape index (κ2) is 7.45. The van der Waals surface area contributed by atoms with E-state index in [2.05, 4.69) is 22.7 Å². The lowest BCUT2D eigenvalue weighted by molar-refractivity contribution is 0.0697. The van der Waals surface area contributed by atoms with Gasteiger partial charge in [-0.2, -0.15) is 5.10 Å². The van der Waals surface area contributed by atoms with Gasteiger partial charge in [-0.1, -0.05) is 60.2 Å². The van der Waals surface area contributed by atoms with Crippen LogP contribution in [0.4, 0.5) is 5.69 Å². The Kier molecular flexibility index (Phi) is 4.90. The van der Waals surface area contributed by atoms with Gasteiger partial charge in [0, 0.05) is 11.1 Å². The lowest BCUT2D eigenvalue weighted by Crippen LogP contribution is -2.06. The fraction of sp³-hybridized carbons (Fsp3) is 0.0476. The molecule has 124 valence electrons. The third kappa shape index (κ3) is 4.12. The molecule has 2 N–H and O–H groups in total. The molecule has 4 nitrogen and oxygen atoms in total. The number of carbonyl (C=O) groups is 1. The third-order valence-electron chi connectivity index (χ3n) is 3.80. The first-order valence-electron chi connectivity index (χ1n) is 7.93. The van der Waals surface area contributed by atoms with Crippen molar-refractivity contribution in [1.29, 1.82) is 0 Å². The monoisotopic (exact) mass is 330 g/mol. The van der Waals surface area contributed by atoms with E-state index < -0.39 is 5.97 Å². The Morgan fingerprint density at radius 2 is 1.36 bits per heavy atom. The zero-order chi connectivity index (χ0) is 17.6. The summed E-state index contributed by atoms with van der Waals surface area (Å²) < 4.78 is 0. The molecule has 0 heterocycles. The third-order valence-corrected chi connectivity index (χ3v) is 3.80. The first-order valence-corrected chi connectivity index (χ1v) is 7.93. The van der Waals surface area contributed by atoms with Crippen molar-refractivity contribution in [3.8, 4) is 0 Å². The van der Waals surface area contributed by atoms with Gasteiger partial charge in [0.2, 0.25) is 0 Å². The fourth-order valence-corrected chi connectivity index (χ4v) is 2.41. The molecule has 0 bridgehead atoms. The van der Waals surface area contributed by atoms with E-state index in [0.717, 1.165) is 22.5 Å². The van der Waals surface area contributed by atoms with Crippen molar-refractivity contribution < 1.29 is 9.90 Å². The number of aromatic carboxylic acids is 1. The Hall–Kier alpha value is -3.40. The van der Waals surface area contributed by atoms with E-state index in [4.69, 9.17) is 5.11 Å². The molecule has 0 amide bonds. The minimum Gasteiger partial charge on any atom is -0.478 e. The van der Waals surface area contributed by atoms with Crippen molar-refractivity contribution in [3.63, 3.8) is 0 Å². The smallest absolute Gasteiger partial charge is 0.335 e. The molecule has 0 aromatic heterocycles. The minimum atomic E-state index is -0.945. The summed E-state index contributed by atoms with van der Waals surface area (Å²) >= 11 is 0. The van der Waals surface area contributed by atoms with E-state index in [1.165, 1.54) is 5.56 Å². The van der Waals surface area contributed by atoms with Crippen molar-refractivity contribution in [2.75, 3.05) is 5.43 Å². The Balaban J connectivity index is 1.92. The van der Waals surface area contributed by atoms with Gasteiger partial charge in [-0.05, 0) is 31.2 Å². The van der Waals surface area contributed by atoms with E-state index in [-0.39, 0.29) is 5.56 Å². The van der Waals surface area contributed by atoms with Crippen molar-refractivity contribution in [3.05, 3.63) is 101 Å². The van der Waals surface area contributed by atoms with Gasteiger partial charge in [0.15, 0.2) is 0 Å². The number of anilines is 1. The molecule has 0 saturated carbocycles. The van der Waals surface area contributed by atoms with Crippen LogP contribution in [0.5, 0.6) is 0 Å². The summed E-state index contributed by atoms with van der Waals surface area (Å²) in [5.41, 5.74) is 8.01. The summed E-state index contributed by atoms with van der Waals surface area (Å²) in [7, 11) is 0. The average molecular weight is 330 g/mol. The molecule has 3 aromatic carbocycles. The Morgan fingerprint density at radius 1 is 0.800 bits per heavy atom. The van der Waals surface area contributed by atoms with Gasteiger partial charge < -0.3 is 5.11 Å². The van der Waals surface area contributed by atoms with Gasteiger partial charge in [0.1, 0.15) is 0 Å². The summed E-state index contributed by atoms with van der Waals surface area (Å²) in [4.78, 5) is 10.9. The number of hydrogen-bond acceptors (Lipinski definition) is 3. The van der Waals surface area contributed by atoms with Crippen molar-refractivity contribution in [1.82, 2.24) is 0 Å². The van der Waals surface area contributed by atoms with E-state index in [1.807, 2.05) is 49.4 Å². The van der Waals surface area contributed by atoms with E-state index in [9.17, 15) is 4.79 Å². The van der Waals surface area contributed by atoms with Crippen LogP contribution in [-0.2, 0) is 0 Å². The van der Waals surface area contributed by atoms with Gasteiger partial charge in [0.05, 0.1) is 17.0 Å². The molecule has 3 aromatic rings. The highest BCUT2D eigenvalue weighted by Gasteiger charge is 2.07. The maximum atomic E-state index is 10.9. The molecule has 3 rings (SSSR count). The average Bonchev–Trinajstić information content (AvgIpc) is 2.64. The van der Waals surface area contributed by atoms with Crippen LogP contribution in [0.3, 0.4) is 0 Å². The number of aryl methyl sites for hydroxylation is 1. The molecule has 4 heteroatoms. The van der Waals surface area contributed by atoms with Crippen LogP contribution in [-0.4, -0.2) is 16.8 Å². The molecule has 0 atom stereocenters. The zero-order valence-electron chi connectivity index (χ0n) is 13.8. The summed E-state index contributed by atoms with van der Waals surface area (Å²) in [6.45, 7) is 2.05. The van der Waals surface area contributed by atoms with Crippen LogP contribution < -0.4 is 5.43 Å². The Bertz CT molecular complexity index is 883. The molecule has 0 spiro atoms. The van der Waals surface area contributed by atoms with Crippen LogP contribution in [0.15, 0.2) is 84.0 Å². The van der Waals surface area contributed by atoms with Gasteiger partial charge >= 0.3 is 5.97 Å². The molecule has 25 heavy (non-hydrogen) atoms. The molecular weight excluding hydrogens is 312 g/mol. The van der Waals surface area contributed by atoms with Crippen LogP contribution in [0.1, 0.15) is 27.0 Å². The van der Waals surface area contributed by atoms with Crippen molar-refractivity contribution in [2.24, 2.45) is 5.10 Å². The first kappa shape index (κ1) is 16.5. The largest absolute Gasteiger partial charge is 0.478 e. The number of hydrogen-bond donors (Lipinski definition) is 2. The lowest BCUT2D eigenvalue weighted by Gasteiger charge is -2.09. The standard InChI is InChI=1S/C21H18N2O2/c1-15-7-9-17(10-8-15)20(16-5-3-2-4-6-16)23-22-19-13-11-18(12-14-19)21(24)25/h2-14,22H,1H3,(H,24,25). The highest BCUT2D eigenvalue weighted by Crippen LogP contribution is 2.14. The predicted molar refractivity (Wildman–Crippen MR) is 100 cm³/mol. The molecule has 0 fully saturated rings. The normalized spacial score (nSPS) is 11.2.